The lowest BCUT2D eigenvalue weighted by Crippen LogP contribution is -2.47. The van der Waals surface area contributed by atoms with Crippen LogP contribution in [0.4, 0.5) is 4.79 Å². The SMILES string of the molecule is CC(C)(C)N(CCc1cccc(Cl)c1Cl)C(=O)OCCCSCC=O. The molecule has 1 rings (SSSR count). The number of carbonyl (C=O) groups excluding carboxylic acids is 2. The summed E-state index contributed by atoms with van der Waals surface area (Å²) in [5.74, 6) is 1.27. The molecule has 0 spiro atoms. The molecule has 0 bridgehead atoms. The number of carbonyl (C=O) groups is 2. The summed E-state index contributed by atoms with van der Waals surface area (Å²) in [4.78, 5) is 24.4. The minimum absolute atomic E-state index is 0.342. The Labute approximate surface area is 164 Å². The zero-order chi connectivity index (χ0) is 18.9. The van der Waals surface area contributed by atoms with Crippen molar-refractivity contribution in [3.05, 3.63) is 33.8 Å². The standard InChI is InChI=1S/C18H25Cl2NO3S/c1-18(2,3)21(17(23)24-11-5-12-25-13-10-22)9-8-14-6-4-7-15(19)16(14)20/h4,6-7,10H,5,8-9,11-13H2,1-3H3. The van der Waals surface area contributed by atoms with Crippen molar-refractivity contribution in [1.29, 1.82) is 0 Å². The molecule has 0 fully saturated rings. The molecule has 0 aliphatic heterocycles. The molecule has 7 heteroatoms. The summed E-state index contributed by atoms with van der Waals surface area (Å²) in [5, 5.41) is 1.04. The molecule has 25 heavy (non-hydrogen) atoms. The van der Waals surface area contributed by atoms with Crippen LogP contribution >= 0.6 is 35.0 Å². The number of aldehydes is 1. The molecule has 0 aromatic heterocycles. The van der Waals surface area contributed by atoms with Crippen molar-refractivity contribution in [2.45, 2.75) is 39.2 Å². The molecule has 140 valence electrons. The van der Waals surface area contributed by atoms with Crippen LogP contribution in [0, 0.1) is 0 Å². The Balaban J connectivity index is 2.57. The number of benzene rings is 1. The lowest BCUT2D eigenvalue weighted by atomic mass is 10.0. The first-order valence-electron chi connectivity index (χ1n) is 8.16. The number of ether oxygens (including phenoxy) is 1. The Bertz CT molecular complexity index is 576. The van der Waals surface area contributed by atoms with Crippen molar-refractivity contribution in [1.82, 2.24) is 4.90 Å². The predicted octanol–water partition coefficient (Wildman–Crippen LogP) is 5.10. The topological polar surface area (TPSA) is 46.6 Å². The molecule has 0 aliphatic rings. The van der Waals surface area contributed by atoms with Gasteiger partial charge in [0.15, 0.2) is 0 Å². The van der Waals surface area contributed by atoms with E-state index in [-0.39, 0.29) is 11.6 Å². The molecule has 0 heterocycles. The highest BCUT2D eigenvalue weighted by Crippen LogP contribution is 2.26. The predicted molar refractivity (Wildman–Crippen MR) is 106 cm³/mol. The molecule has 0 unspecified atom stereocenters. The van der Waals surface area contributed by atoms with Crippen LogP contribution in [0.1, 0.15) is 32.8 Å². The molecule has 0 aliphatic carbocycles. The molecular formula is C18H25Cl2NO3S. The van der Waals surface area contributed by atoms with Gasteiger partial charge in [-0.15, -0.1) is 0 Å². The molecule has 0 saturated carbocycles. The van der Waals surface area contributed by atoms with E-state index in [0.717, 1.165) is 24.0 Å². The second-order valence-electron chi connectivity index (χ2n) is 6.49. The average Bonchev–Trinajstić information content (AvgIpc) is 2.53. The fraction of sp³-hybridized carbons (Fsp3) is 0.556. The monoisotopic (exact) mass is 405 g/mol. The zero-order valence-corrected chi connectivity index (χ0v) is 17.2. The molecule has 4 nitrogen and oxygen atoms in total. The van der Waals surface area contributed by atoms with Crippen LogP contribution in [0.25, 0.3) is 0 Å². The van der Waals surface area contributed by atoms with E-state index in [0.29, 0.717) is 35.4 Å². The van der Waals surface area contributed by atoms with Crippen LogP contribution in [-0.4, -0.2) is 47.5 Å². The van der Waals surface area contributed by atoms with Gasteiger partial charge in [0.1, 0.15) is 6.29 Å². The van der Waals surface area contributed by atoms with Gasteiger partial charge >= 0.3 is 6.09 Å². The van der Waals surface area contributed by atoms with Crippen molar-refractivity contribution in [3.63, 3.8) is 0 Å². The third-order valence-electron chi connectivity index (χ3n) is 3.51. The van der Waals surface area contributed by atoms with Gasteiger partial charge in [0.25, 0.3) is 0 Å². The Morgan fingerprint density at radius 2 is 2.04 bits per heavy atom. The summed E-state index contributed by atoms with van der Waals surface area (Å²) in [6.45, 7) is 6.73. The first kappa shape index (κ1) is 22.1. The van der Waals surface area contributed by atoms with Gasteiger partial charge in [0.2, 0.25) is 0 Å². The number of hydrogen-bond donors (Lipinski definition) is 0. The number of halogens is 2. The Hall–Kier alpha value is -0.910. The third-order valence-corrected chi connectivity index (χ3v) is 5.32. The van der Waals surface area contributed by atoms with E-state index in [4.69, 9.17) is 27.9 Å². The Morgan fingerprint density at radius 1 is 1.32 bits per heavy atom. The summed E-state index contributed by atoms with van der Waals surface area (Å²) >= 11 is 13.8. The number of amides is 1. The summed E-state index contributed by atoms with van der Waals surface area (Å²) in [6, 6.07) is 5.50. The molecule has 0 N–H and O–H groups in total. The maximum absolute atomic E-state index is 12.4. The normalized spacial score (nSPS) is 11.2. The van der Waals surface area contributed by atoms with Gasteiger partial charge in [0.05, 0.1) is 16.7 Å². The average molecular weight is 406 g/mol. The zero-order valence-electron chi connectivity index (χ0n) is 14.9. The molecular weight excluding hydrogens is 381 g/mol. The number of thioether (sulfide) groups is 1. The summed E-state index contributed by atoms with van der Waals surface area (Å²) in [5.41, 5.74) is 0.537. The van der Waals surface area contributed by atoms with Crippen molar-refractivity contribution in [3.8, 4) is 0 Å². The highest BCUT2D eigenvalue weighted by molar-refractivity contribution is 7.99. The van der Waals surface area contributed by atoms with Gasteiger partial charge in [-0.1, -0.05) is 35.3 Å². The lowest BCUT2D eigenvalue weighted by Gasteiger charge is -2.35. The quantitative estimate of drug-likeness (QED) is 0.423. The van der Waals surface area contributed by atoms with Crippen molar-refractivity contribution in [2.24, 2.45) is 0 Å². The highest BCUT2D eigenvalue weighted by atomic mass is 35.5. The summed E-state index contributed by atoms with van der Waals surface area (Å²) < 4.78 is 5.38. The van der Waals surface area contributed by atoms with E-state index in [1.807, 2.05) is 32.9 Å². The molecule has 1 amide bonds. The Morgan fingerprint density at radius 3 is 2.68 bits per heavy atom. The van der Waals surface area contributed by atoms with E-state index >= 15 is 0 Å². The molecule has 0 saturated heterocycles. The van der Waals surface area contributed by atoms with Gasteiger partial charge in [-0.2, -0.15) is 11.8 Å². The van der Waals surface area contributed by atoms with Gasteiger partial charge in [-0.05, 0) is 51.0 Å². The minimum Gasteiger partial charge on any atom is -0.449 e. The van der Waals surface area contributed by atoms with Gasteiger partial charge in [-0.3, -0.25) is 0 Å². The number of nitrogens with zero attached hydrogens (tertiary/aromatic N) is 1. The maximum Gasteiger partial charge on any atom is 0.410 e. The molecule has 1 aromatic carbocycles. The third kappa shape index (κ3) is 7.89. The molecule has 1 aromatic rings. The van der Waals surface area contributed by atoms with Crippen LogP contribution in [0.3, 0.4) is 0 Å². The van der Waals surface area contributed by atoms with Gasteiger partial charge < -0.3 is 14.4 Å². The van der Waals surface area contributed by atoms with E-state index < -0.39 is 0 Å². The maximum atomic E-state index is 12.4. The fourth-order valence-electron chi connectivity index (χ4n) is 2.20. The lowest BCUT2D eigenvalue weighted by molar-refractivity contribution is -0.105. The minimum atomic E-state index is -0.367. The van der Waals surface area contributed by atoms with Gasteiger partial charge in [0, 0.05) is 17.8 Å². The van der Waals surface area contributed by atoms with Crippen molar-refractivity contribution < 1.29 is 14.3 Å². The van der Waals surface area contributed by atoms with E-state index in [9.17, 15) is 9.59 Å². The van der Waals surface area contributed by atoms with Crippen LogP contribution in [-0.2, 0) is 16.0 Å². The smallest absolute Gasteiger partial charge is 0.410 e. The largest absolute Gasteiger partial charge is 0.449 e. The van der Waals surface area contributed by atoms with Gasteiger partial charge in [-0.25, -0.2) is 4.79 Å². The van der Waals surface area contributed by atoms with Crippen LogP contribution in [0.2, 0.25) is 10.0 Å². The second-order valence-corrected chi connectivity index (χ2v) is 8.43. The number of rotatable bonds is 9. The van der Waals surface area contributed by atoms with E-state index in [1.165, 1.54) is 11.8 Å². The first-order valence-corrected chi connectivity index (χ1v) is 10.1. The van der Waals surface area contributed by atoms with Crippen LogP contribution < -0.4 is 0 Å². The summed E-state index contributed by atoms with van der Waals surface area (Å²) in [7, 11) is 0. The second kappa shape index (κ2) is 10.9. The van der Waals surface area contributed by atoms with E-state index in [2.05, 4.69) is 0 Å². The molecule has 0 atom stereocenters. The van der Waals surface area contributed by atoms with Crippen molar-refractivity contribution >= 4 is 47.3 Å². The van der Waals surface area contributed by atoms with Crippen molar-refractivity contribution in [2.75, 3.05) is 24.7 Å². The summed E-state index contributed by atoms with van der Waals surface area (Å²) in [6.07, 6.45) is 1.86. The number of hydrogen-bond acceptors (Lipinski definition) is 4. The Kier molecular flexibility index (Phi) is 9.69. The van der Waals surface area contributed by atoms with Crippen LogP contribution in [0.5, 0.6) is 0 Å². The fourth-order valence-corrected chi connectivity index (χ4v) is 3.20. The molecule has 0 radical (unpaired) electrons. The van der Waals surface area contributed by atoms with Crippen LogP contribution in [0.15, 0.2) is 18.2 Å². The highest BCUT2D eigenvalue weighted by Gasteiger charge is 2.27. The van der Waals surface area contributed by atoms with E-state index in [1.54, 1.807) is 11.0 Å². The first-order chi connectivity index (χ1) is 11.8.